The van der Waals surface area contributed by atoms with Crippen LogP contribution in [0.25, 0.3) is 0 Å². The lowest BCUT2D eigenvalue weighted by Crippen LogP contribution is -2.52. The van der Waals surface area contributed by atoms with E-state index in [1.165, 1.54) is 0 Å². The summed E-state index contributed by atoms with van der Waals surface area (Å²) in [5, 5.41) is 8.55. The van der Waals surface area contributed by atoms with Crippen molar-refractivity contribution in [1.29, 1.82) is 0 Å². The fraction of sp³-hybridized carbons (Fsp3) is 0.800. The zero-order valence-corrected chi connectivity index (χ0v) is 9.27. The molecule has 0 spiro atoms. The smallest absolute Gasteiger partial charge is 0.320 e. The van der Waals surface area contributed by atoms with Gasteiger partial charge in [-0.3, -0.25) is 4.79 Å². The molecule has 1 heterocycles. The molecule has 0 aromatic heterocycles. The molecule has 1 rings (SSSR count). The van der Waals surface area contributed by atoms with Crippen molar-refractivity contribution in [3.8, 4) is 0 Å². The van der Waals surface area contributed by atoms with Gasteiger partial charge in [0.05, 0.1) is 6.42 Å². The maximum absolute atomic E-state index is 11.8. The third-order valence-corrected chi connectivity index (χ3v) is 2.56. The van der Waals surface area contributed by atoms with Gasteiger partial charge in [-0.05, 0) is 20.3 Å². The van der Waals surface area contributed by atoms with E-state index >= 15 is 0 Å². The maximum atomic E-state index is 11.8. The Labute approximate surface area is 89.7 Å². The van der Waals surface area contributed by atoms with E-state index in [9.17, 15) is 9.59 Å². The highest BCUT2D eigenvalue weighted by Crippen LogP contribution is 2.12. The molecule has 0 bridgehead atoms. The van der Waals surface area contributed by atoms with Gasteiger partial charge in [0.2, 0.25) is 0 Å². The Morgan fingerprint density at radius 2 is 2.13 bits per heavy atom. The summed E-state index contributed by atoms with van der Waals surface area (Å²) >= 11 is 0. The summed E-state index contributed by atoms with van der Waals surface area (Å²) in [4.78, 5) is 25.7. The van der Waals surface area contributed by atoms with Crippen molar-refractivity contribution in [2.75, 3.05) is 19.6 Å². The van der Waals surface area contributed by atoms with E-state index in [4.69, 9.17) is 5.11 Å². The number of urea groups is 1. The molecule has 15 heavy (non-hydrogen) atoms. The highest BCUT2D eigenvalue weighted by molar-refractivity contribution is 5.76. The molecule has 1 fully saturated rings. The second-order valence-electron chi connectivity index (χ2n) is 4.05. The second-order valence-corrected chi connectivity index (χ2v) is 4.05. The highest BCUT2D eigenvalue weighted by atomic mass is 16.4. The lowest BCUT2D eigenvalue weighted by atomic mass is 10.2. The Kier molecular flexibility index (Phi) is 3.94. The molecular weight excluding hydrogens is 196 g/mol. The Morgan fingerprint density at radius 3 is 2.67 bits per heavy atom. The first-order valence-corrected chi connectivity index (χ1v) is 5.29. The molecule has 0 saturated carbocycles. The van der Waals surface area contributed by atoms with Gasteiger partial charge in [0.1, 0.15) is 0 Å². The van der Waals surface area contributed by atoms with Gasteiger partial charge in [-0.15, -0.1) is 0 Å². The summed E-state index contributed by atoms with van der Waals surface area (Å²) in [5.74, 6) is -0.857. The molecule has 1 aliphatic heterocycles. The van der Waals surface area contributed by atoms with Crippen LogP contribution >= 0.6 is 0 Å². The fourth-order valence-corrected chi connectivity index (χ4v) is 1.72. The van der Waals surface area contributed by atoms with Crippen LogP contribution in [0.2, 0.25) is 0 Å². The zero-order valence-electron chi connectivity index (χ0n) is 9.27. The van der Waals surface area contributed by atoms with E-state index in [2.05, 4.69) is 0 Å². The summed E-state index contributed by atoms with van der Waals surface area (Å²) < 4.78 is 0. The third kappa shape index (κ3) is 3.11. The number of carbonyl (C=O) groups is 2. The molecule has 0 atom stereocenters. The lowest BCUT2D eigenvalue weighted by Gasteiger charge is -2.37. The van der Waals surface area contributed by atoms with E-state index in [1.807, 2.05) is 13.8 Å². The van der Waals surface area contributed by atoms with Crippen LogP contribution in [0.4, 0.5) is 4.79 Å². The minimum absolute atomic E-state index is 0.0255. The van der Waals surface area contributed by atoms with Crippen LogP contribution in [-0.2, 0) is 4.79 Å². The van der Waals surface area contributed by atoms with Crippen molar-refractivity contribution in [2.45, 2.75) is 32.7 Å². The van der Waals surface area contributed by atoms with Gasteiger partial charge < -0.3 is 14.9 Å². The van der Waals surface area contributed by atoms with Gasteiger partial charge in [-0.2, -0.15) is 0 Å². The first-order chi connectivity index (χ1) is 7.02. The average molecular weight is 214 g/mol. The zero-order chi connectivity index (χ0) is 11.4. The first kappa shape index (κ1) is 11.8. The number of amides is 2. The minimum atomic E-state index is -0.857. The number of carboxylic acids is 1. The topological polar surface area (TPSA) is 60.9 Å². The normalized spacial score (nSPS) is 17.4. The van der Waals surface area contributed by atoms with Crippen LogP contribution in [0, 0.1) is 0 Å². The van der Waals surface area contributed by atoms with Crippen molar-refractivity contribution in [2.24, 2.45) is 0 Å². The summed E-state index contributed by atoms with van der Waals surface area (Å²) in [7, 11) is 0. The summed E-state index contributed by atoms with van der Waals surface area (Å²) in [6.45, 7) is 5.71. The second kappa shape index (κ2) is 5.00. The molecule has 0 radical (unpaired) electrons. The Bertz CT molecular complexity index is 253. The van der Waals surface area contributed by atoms with Gasteiger partial charge in [0.15, 0.2) is 0 Å². The van der Waals surface area contributed by atoms with Crippen molar-refractivity contribution in [1.82, 2.24) is 9.80 Å². The predicted molar refractivity (Wildman–Crippen MR) is 55.7 cm³/mol. The van der Waals surface area contributed by atoms with E-state index < -0.39 is 5.97 Å². The molecule has 1 aliphatic rings. The molecule has 0 aliphatic carbocycles. The SMILES string of the molecule is CC(C)N1CCCN(CCC(=O)O)C1=O. The van der Waals surface area contributed by atoms with E-state index in [-0.39, 0.29) is 18.5 Å². The van der Waals surface area contributed by atoms with Crippen LogP contribution in [0.3, 0.4) is 0 Å². The molecule has 5 heteroatoms. The lowest BCUT2D eigenvalue weighted by molar-refractivity contribution is -0.137. The van der Waals surface area contributed by atoms with Crippen molar-refractivity contribution >= 4 is 12.0 Å². The maximum Gasteiger partial charge on any atom is 0.320 e. The average Bonchev–Trinajstić information content (AvgIpc) is 2.15. The van der Waals surface area contributed by atoms with Gasteiger partial charge in [-0.1, -0.05) is 0 Å². The van der Waals surface area contributed by atoms with Crippen LogP contribution in [0.15, 0.2) is 0 Å². The van der Waals surface area contributed by atoms with Crippen molar-refractivity contribution in [3.05, 3.63) is 0 Å². The van der Waals surface area contributed by atoms with Gasteiger partial charge in [-0.25, -0.2) is 4.79 Å². The molecule has 86 valence electrons. The number of nitrogens with zero attached hydrogens (tertiary/aromatic N) is 2. The third-order valence-electron chi connectivity index (χ3n) is 2.56. The van der Waals surface area contributed by atoms with E-state index in [1.54, 1.807) is 9.80 Å². The molecule has 2 amide bonds. The van der Waals surface area contributed by atoms with Crippen LogP contribution in [0.5, 0.6) is 0 Å². The number of rotatable bonds is 4. The number of hydrogen-bond acceptors (Lipinski definition) is 2. The standard InChI is InChI=1S/C10H18N2O3/c1-8(2)12-6-3-5-11(10(12)15)7-4-9(13)14/h8H,3-7H2,1-2H3,(H,13,14). The van der Waals surface area contributed by atoms with Crippen LogP contribution in [0.1, 0.15) is 26.7 Å². The largest absolute Gasteiger partial charge is 0.481 e. The molecule has 0 unspecified atom stereocenters. The number of carboxylic acid groups (broad SMARTS) is 1. The van der Waals surface area contributed by atoms with Gasteiger partial charge in [0.25, 0.3) is 0 Å². The Hall–Kier alpha value is -1.26. The molecule has 1 N–H and O–H groups in total. The van der Waals surface area contributed by atoms with Crippen LogP contribution < -0.4 is 0 Å². The number of carbonyl (C=O) groups excluding carboxylic acids is 1. The predicted octanol–water partition coefficient (Wildman–Crippen LogP) is 0.997. The molecule has 5 nitrogen and oxygen atoms in total. The van der Waals surface area contributed by atoms with E-state index in [0.29, 0.717) is 13.1 Å². The molecule has 0 aromatic rings. The molecule has 1 saturated heterocycles. The Morgan fingerprint density at radius 1 is 1.47 bits per heavy atom. The fourth-order valence-electron chi connectivity index (χ4n) is 1.72. The quantitative estimate of drug-likeness (QED) is 0.759. The van der Waals surface area contributed by atoms with Crippen molar-refractivity contribution < 1.29 is 14.7 Å². The number of aliphatic carboxylic acids is 1. The monoisotopic (exact) mass is 214 g/mol. The highest BCUT2D eigenvalue weighted by Gasteiger charge is 2.27. The van der Waals surface area contributed by atoms with Crippen LogP contribution in [-0.4, -0.2) is 52.6 Å². The Balaban J connectivity index is 2.51. The number of hydrogen-bond donors (Lipinski definition) is 1. The minimum Gasteiger partial charge on any atom is -0.481 e. The van der Waals surface area contributed by atoms with Gasteiger partial charge in [0, 0.05) is 25.7 Å². The van der Waals surface area contributed by atoms with Gasteiger partial charge >= 0.3 is 12.0 Å². The van der Waals surface area contributed by atoms with Crippen molar-refractivity contribution in [3.63, 3.8) is 0 Å². The molecule has 0 aromatic carbocycles. The summed E-state index contributed by atoms with van der Waals surface area (Å²) in [6.07, 6.45) is 0.946. The first-order valence-electron chi connectivity index (χ1n) is 5.29. The summed E-state index contributed by atoms with van der Waals surface area (Å²) in [5.41, 5.74) is 0. The molecular formula is C10H18N2O3. The summed E-state index contributed by atoms with van der Waals surface area (Å²) in [6, 6.07) is 0.155. The van der Waals surface area contributed by atoms with E-state index in [0.717, 1.165) is 13.0 Å².